The second-order valence-corrected chi connectivity index (χ2v) is 9.58. The largest absolute Gasteiger partial charge is 0.366 e. The van der Waals surface area contributed by atoms with Crippen molar-refractivity contribution < 1.29 is 9.59 Å². The van der Waals surface area contributed by atoms with E-state index in [0.717, 1.165) is 55.6 Å². The van der Waals surface area contributed by atoms with Gasteiger partial charge < -0.3 is 20.4 Å². The van der Waals surface area contributed by atoms with E-state index < -0.39 is 0 Å². The van der Waals surface area contributed by atoms with Crippen LogP contribution >= 0.6 is 15.9 Å². The van der Waals surface area contributed by atoms with Crippen molar-refractivity contribution in [2.24, 2.45) is 0 Å². The first-order valence-corrected chi connectivity index (χ1v) is 12.5. The average molecular weight is 519 g/mol. The van der Waals surface area contributed by atoms with Crippen LogP contribution in [0.5, 0.6) is 0 Å². The highest BCUT2D eigenvalue weighted by Crippen LogP contribution is 2.31. The number of nitrogens with zero attached hydrogens (tertiary/aromatic N) is 2. The highest BCUT2D eigenvalue weighted by atomic mass is 79.9. The third-order valence-electron chi connectivity index (χ3n) is 6.47. The van der Waals surface area contributed by atoms with Gasteiger partial charge in [-0.25, -0.2) is 4.79 Å². The maximum atomic E-state index is 13.5. The van der Waals surface area contributed by atoms with E-state index in [1.807, 2.05) is 47.4 Å². The molecule has 7 heteroatoms. The molecule has 2 aliphatic heterocycles. The molecule has 2 heterocycles. The van der Waals surface area contributed by atoms with Crippen LogP contribution in [0, 0.1) is 0 Å². The third kappa shape index (κ3) is 4.80. The van der Waals surface area contributed by atoms with Crippen molar-refractivity contribution in [3.05, 3.63) is 87.9 Å². The monoisotopic (exact) mass is 518 g/mol. The normalized spacial score (nSPS) is 15.1. The summed E-state index contributed by atoms with van der Waals surface area (Å²) in [4.78, 5) is 30.3. The van der Waals surface area contributed by atoms with Gasteiger partial charge in [-0.2, -0.15) is 0 Å². The van der Waals surface area contributed by atoms with E-state index in [1.54, 1.807) is 0 Å². The number of amides is 3. The van der Waals surface area contributed by atoms with Gasteiger partial charge in [0.05, 0.1) is 11.3 Å². The number of likely N-dealkylation sites (tertiary alicyclic amines) is 1. The third-order valence-corrected chi connectivity index (χ3v) is 7.16. The predicted molar refractivity (Wildman–Crippen MR) is 140 cm³/mol. The molecule has 174 valence electrons. The van der Waals surface area contributed by atoms with Crippen molar-refractivity contribution in [2.45, 2.75) is 25.8 Å². The molecule has 0 aliphatic carbocycles. The van der Waals surface area contributed by atoms with Crippen LogP contribution in [-0.4, -0.2) is 36.5 Å². The number of hydrogen-bond acceptors (Lipinski definition) is 3. The van der Waals surface area contributed by atoms with Crippen LogP contribution in [0.15, 0.2) is 71.2 Å². The van der Waals surface area contributed by atoms with E-state index in [0.29, 0.717) is 16.9 Å². The molecule has 3 aromatic carbocycles. The van der Waals surface area contributed by atoms with E-state index in [4.69, 9.17) is 0 Å². The van der Waals surface area contributed by atoms with Gasteiger partial charge in [-0.05, 0) is 76.7 Å². The molecule has 0 aromatic heterocycles. The number of hydrogen-bond donors (Lipinski definition) is 2. The van der Waals surface area contributed by atoms with E-state index in [9.17, 15) is 9.59 Å². The van der Waals surface area contributed by atoms with Crippen LogP contribution in [0.3, 0.4) is 0 Å². The molecule has 0 atom stereocenters. The molecule has 1 saturated heterocycles. The Balaban J connectivity index is 1.41. The Hall–Kier alpha value is -3.32. The summed E-state index contributed by atoms with van der Waals surface area (Å²) in [7, 11) is 0. The minimum atomic E-state index is -0.355. The number of carbonyl (C=O) groups excluding carboxylic acids is 2. The number of rotatable bonds is 4. The summed E-state index contributed by atoms with van der Waals surface area (Å²) in [6.07, 6.45) is 3.01. The lowest BCUT2D eigenvalue weighted by Gasteiger charge is -2.33. The van der Waals surface area contributed by atoms with E-state index in [-0.39, 0.29) is 11.9 Å². The Morgan fingerprint density at radius 3 is 2.35 bits per heavy atom. The maximum Gasteiger partial charge on any atom is 0.323 e. The SMILES string of the molecule is O=C(Nc1ccc(N2CCc3ccccc3C2)c(C(=O)N2CCCC2)c1)Nc1ccccc1Br. The molecule has 0 saturated carbocycles. The van der Waals surface area contributed by atoms with Gasteiger partial charge in [0, 0.05) is 42.0 Å². The number of halogens is 1. The Bertz CT molecular complexity index is 1220. The summed E-state index contributed by atoms with van der Waals surface area (Å²) >= 11 is 3.45. The molecular weight excluding hydrogens is 492 g/mol. The quantitative estimate of drug-likeness (QED) is 0.452. The van der Waals surface area contributed by atoms with E-state index in [1.165, 1.54) is 11.1 Å². The van der Waals surface area contributed by atoms with Gasteiger partial charge in [0.25, 0.3) is 5.91 Å². The number of urea groups is 1. The summed E-state index contributed by atoms with van der Waals surface area (Å²) in [5, 5.41) is 5.74. The predicted octanol–water partition coefficient (Wildman–Crippen LogP) is 5.89. The zero-order valence-electron chi connectivity index (χ0n) is 18.9. The fraction of sp³-hybridized carbons (Fsp3) is 0.259. The molecule has 3 aromatic rings. The van der Waals surface area contributed by atoms with E-state index in [2.05, 4.69) is 55.7 Å². The summed E-state index contributed by atoms with van der Waals surface area (Å²) in [5.41, 5.74) is 5.49. The first kappa shape index (κ1) is 22.5. The van der Waals surface area contributed by atoms with Crippen LogP contribution in [0.4, 0.5) is 21.9 Å². The average Bonchev–Trinajstić information content (AvgIpc) is 3.40. The molecule has 1 fully saturated rings. The van der Waals surface area contributed by atoms with Crippen LogP contribution in [0.1, 0.15) is 34.3 Å². The molecule has 5 rings (SSSR count). The first-order valence-electron chi connectivity index (χ1n) is 11.7. The maximum absolute atomic E-state index is 13.5. The summed E-state index contributed by atoms with van der Waals surface area (Å²) in [6.45, 7) is 3.18. The van der Waals surface area contributed by atoms with Crippen LogP contribution in [0.25, 0.3) is 0 Å². The molecule has 0 radical (unpaired) electrons. The Labute approximate surface area is 208 Å². The zero-order chi connectivity index (χ0) is 23.5. The van der Waals surface area contributed by atoms with Crippen LogP contribution in [-0.2, 0) is 13.0 Å². The molecule has 2 aliphatic rings. The highest BCUT2D eigenvalue weighted by Gasteiger charge is 2.26. The van der Waals surface area contributed by atoms with Gasteiger partial charge in [-0.1, -0.05) is 36.4 Å². The van der Waals surface area contributed by atoms with Gasteiger partial charge >= 0.3 is 6.03 Å². The van der Waals surface area contributed by atoms with Crippen LogP contribution in [0.2, 0.25) is 0 Å². The Morgan fingerprint density at radius 2 is 1.56 bits per heavy atom. The van der Waals surface area contributed by atoms with Gasteiger partial charge in [-0.15, -0.1) is 0 Å². The minimum absolute atomic E-state index is 0.0289. The van der Waals surface area contributed by atoms with Crippen molar-refractivity contribution in [2.75, 3.05) is 35.2 Å². The Morgan fingerprint density at radius 1 is 0.824 bits per heavy atom. The van der Waals surface area contributed by atoms with Crippen molar-refractivity contribution in [3.8, 4) is 0 Å². The lowest BCUT2D eigenvalue weighted by molar-refractivity contribution is 0.0793. The molecule has 0 unspecified atom stereocenters. The number of anilines is 3. The minimum Gasteiger partial charge on any atom is -0.366 e. The molecule has 0 spiro atoms. The van der Waals surface area contributed by atoms with Crippen molar-refractivity contribution in [1.82, 2.24) is 4.90 Å². The van der Waals surface area contributed by atoms with Gasteiger partial charge in [0.2, 0.25) is 0 Å². The lowest BCUT2D eigenvalue weighted by atomic mass is 9.98. The topological polar surface area (TPSA) is 64.7 Å². The van der Waals surface area contributed by atoms with Gasteiger partial charge in [-0.3, -0.25) is 4.79 Å². The molecule has 2 N–H and O–H groups in total. The first-order chi connectivity index (χ1) is 16.6. The molecule has 34 heavy (non-hydrogen) atoms. The Kier molecular flexibility index (Phi) is 6.54. The highest BCUT2D eigenvalue weighted by molar-refractivity contribution is 9.10. The number of fused-ring (bicyclic) bond motifs is 1. The summed E-state index contributed by atoms with van der Waals surface area (Å²) in [6, 6.07) is 21.2. The number of nitrogens with one attached hydrogen (secondary N) is 2. The number of carbonyl (C=O) groups is 2. The number of para-hydroxylation sites is 1. The van der Waals surface area contributed by atoms with Crippen LogP contribution < -0.4 is 15.5 Å². The second kappa shape index (κ2) is 9.89. The molecular formula is C27H27BrN4O2. The van der Waals surface area contributed by atoms with Crippen molar-refractivity contribution >= 4 is 44.9 Å². The lowest BCUT2D eigenvalue weighted by Crippen LogP contribution is -2.34. The molecule has 0 bridgehead atoms. The molecule has 3 amide bonds. The van der Waals surface area contributed by atoms with Gasteiger partial charge in [0.15, 0.2) is 0 Å². The standard InChI is InChI=1S/C27H27BrN4O2/c28-23-9-3-4-10-24(23)30-27(34)29-21-11-12-25(22(17-21)26(33)31-14-5-6-15-31)32-16-13-19-7-1-2-8-20(19)18-32/h1-4,7-12,17H,5-6,13-16,18H2,(H2,29,30,34). The second-order valence-electron chi connectivity index (χ2n) is 8.73. The van der Waals surface area contributed by atoms with Gasteiger partial charge in [0.1, 0.15) is 0 Å². The summed E-state index contributed by atoms with van der Waals surface area (Å²) < 4.78 is 0.802. The van der Waals surface area contributed by atoms with Crippen molar-refractivity contribution in [3.63, 3.8) is 0 Å². The fourth-order valence-corrected chi connectivity index (χ4v) is 5.08. The van der Waals surface area contributed by atoms with Crippen molar-refractivity contribution in [1.29, 1.82) is 0 Å². The summed E-state index contributed by atoms with van der Waals surface area (Å²) in [5.74, 6) is 0.0289. The van der Waals surface area contributed by atoms with E-state index >= 15 is 0 Å². The molecule has 6 nitrogen and oxygen atoms in total. The fourth-order valence-electron chi connectivity index (χ4n) is 4.70. The zero-order valence-corrected chi connectivity index (χ0v) is 20.5. The smallest absolute Gasteiger partial charge is 0.323 e. The number of benzene rings is 3.